The standard InChI is InChI=1S/C12H9Cl3N4S/c13-7-3-6(12(16)17-5-18-19-12)4-8(14)11(7)9-1-2-10(15)20-9/h1-5,19H,16H2,(H,17,18). The second-order valence-corrected chi connectivity index (χ2v) is 6.74. The number of nitrogens with one attached hydrogen (secondary N) is 2. The Kier molecular flexibility index (Phi) is 3.66. The Hall–Kier alpha value is -0.820. The van der Waals surface area contributed by atoms with Gasteiger partial charge in [-0.2, -0.15) is 5.43 Å². The summed E-state index contributed by atoms with van der Waals surface area (Å²) in [6, 6.07) is 7.17. The molecule has 0 spiro atoms. The summed E-state index contributed by atoms with van der Waals surface area (Å²) in [5, 5.41) is 1.000. The third-order valence-electron chi connectivity index (χ3n) is 2.90. The Bertz CT molecular complexity index is 677. The van der Waals surface area contributed by atoms with E-state index >= 15 is 0 Å². The Morgan fingerprint density at radius 1 is 1.15 bits per heavy atom. The molecule has 4 N–H and O–H groups in total. The Labute approximate surface area is 134 Å². The van der Waals surface area contributed by atoms with Crippen LogP contribution in [0.15, 0.2) is 29.3 Å². The molecule has 1 unspecified atom stereocenters. The van der Waals surface area contributed by atoms with Gasteiger partial charge >= 0.3 is 0 Å². The summed E-state index contributed by atoms with van der Waals surface area (Å²) in [7, 11) is 0. The molecule has 1 aliphatic rings. The van der Waals surface area contributed by atoms with Crippen molar-refractivity contribution in [1.82, 2.24) is 10.9 Å². The highest BCUT2D eigenvalue weighted by atomic mass is 35.5. The van der Waals surface area contributed by atoms with Crippen LogP contribution in [0.25, 0.3) is 10.4 Å². The van der Waals surface area contributed by atoms with Crippen LogP contribution in [0.5, 0.6) is 0 Å². The highest BCUT2D eigenvalue weighted by molar-refractivity contribution is 7.19. The van der Waals surface area contributed by atoms with Crippen LogP contribution in [-0.2, 0) is 5.79 Å². The van der Waals surface area contributed by atoms with Crippen LogP contribution in [0, 0.1) is 0 Å². The summed E-state index contributed by atoms with van der Waals surface area (Å²) < 4.78 is 0.678. The van der Waals surface area contributed by atoms with Crippen molar-refractivity contribution < 1.29 is 0 Å². The number of rotatable bonds is 2. The summed E-state index contributed by atoms with van der Waals surface area (Å²) in [5.74, 6) is -1.07. The van der Waals surface area contributed by atoms with Gasteiger partial charge in [0.1, 0.15) is 6.34 Å². The first kappa shape index (κ1) is 14.1. The van der Waals surface area contributed by atoms with Crippen LogP contribution < -0.4 is 16.6 Å². The van der Waals surface area contributed by atoms with Crippen molar-refractivity contribution in [2.45, 2.75) is 5.79 Å². The molecule has 0 saturated carbocycles. The second kappa shape index (κ2) is 5.18. The van der Waals surface area contributed by atoms with Crippen LogP contribution >= 0.6 is 46.1 Å². The smallest absolute Gasteiger partial charge is 0.206 e. The number of hydrogen-bond acceptors (Lipinski definition) is 5. The molecule has 0 amide bonds. The summed E-state index contributed by atoms with van der Waals surface area (Å²) in [6.45, 7) is 0. The van der Waals surface area contributed by atoms with Gasteiger partial charge < -0.3 is 5.43 Å². The minimum Gasteiger partial charge on any atom is -0.309 e. The topological polar surface area (TPSA) is 62.4 Å². The number of hydrazine groups is 1. The summed E-state index contributed by atoms with van der Waals surface area (Å²) in [6.07, 6.45) is 1.48. The zero-order valence-corrected chi connectivity index (χ0v) is 13.0. The van der Waals surface area contributed by atoms with Gasteiger partial charge in [0.25, 0.3) is 0 Å². The van der Waals surface area contributed by atoms with Gasteiger partial charge in [-0.25, -0.2) is 4.99 Å². The van der Waals surface area contributed by atoms with Gasteiger partial charge in [-0.05, 0) is 24.3 Å². The fourth-order valence-corrected chi connectivity index (χ4v) is 3.85. The zero-order valence-electron chi connectivity index (χ0n) is 9.95. The molecule has 8 heteroatoms. The third-order valence-corrected chi connectivity index (χ3v) is 4.74. The molecular weight excluding hydrogens is 339 g/mol. The quantitative estimate of drug-likeness (QED) is 0.778. The van der Waals surface area contributed by atoms with Crippen LogP contribution in [-0.4, -0.2) is 6.34 Å². The SMILES string of the molecule is NC1(c2cc(Cl)c(-c3ccc(Cl)s3)c(Cl)c2)N=CNN1. The molecule has 4 nitrogen and oxygen atoms in total. The lowest BCUT2D eigenvalue weighted by molar-refractivity contribution is 0.375. The van der Waals surface area contributed by atoms with Crippen molar-refractivity contribution in [1.29, 1.82) is 0 Å². The maximum absolute atomic E-state index is 6.34. The number of benzene rings is 1. The van der Waals surface area contributed by atoms with Gasteiger partial charge in [0.05, 0.1) is 14.4 Å². The summed E-state index contributed by atoms with van der Waals surface area (Å²) >= 11 is 20.0. The minimum atomic E-state index is -1.07. The molecule has 0 radical (unpaired) electrons. The van der Waals surface area contributed by atoms with Crippen LogP contribution in [0.2, 0.25) is 14.4 Å². The van der Waals surface area contributed by atoms with Crippen molar-refractivity contribution in [2.24, 2.45) is 10.7 Å². The first-order valence-corrected chi connectivity index (χ1v) is 7.55. The Morgan fingerprint density at radius 3 is 2.35 bits per heavy atom. The lowest BCUT2D eigenvalue weighted by Crippen LogP contribution is -2.49. The van der Waals surface area contributed by atoms with Gasteiger partial charge in [0, 0.05) is 16.0 Å². The van der Waals surface area contributed by atoms with E-state index in [0.29, 0.717) is 19.9 Å². The first-order valence-electron chi connectivity index (χ1n) is 5.60. The summed E-state index contributed by atoms with van der Waals surface area (Å²) in [4.78, 5) is 5.03. The zero-order chi connectivity index (χ0) is 14.3. The van der Waals surface area contributed by atoms with Gasteiger partial charge in [-0.3, -0.25) is 5.73 Å². The Morgan fingerprint density at radius 2 is 1.85 bits per heavy atom. The van der Waals surface area contributed by atoms with Gasteiger partial charge in [0.15, 0.2) is 0 Å². The van der Waals surface area contributed by atoms with Crippen LogP contribution in [0.3, 0.4) is 0 Å². The van der Waals surface area contributed by atoms with Gasteiger partial charge in [-0.15, -0.1) is 11.3 Å². The molecule has 0 saturated heterocycles. The van der Waals surface area contributed by atoms with E-state index < -0.39 is 5.79 Å². The molecule has 1 aromatic heterocycles. The van der Waals surface area contributed by atoms with E-state index in [1.165, 1.54) is 17.7 Å². The molecule has 3 rings (SSSR count). The number of aliphatic imine (C=N–C) groups is 1. The molecule has 0 bridgehead atoms. The molecule has 0 fully saturated rings. The van der Waals surface area contributed by atoms with Crippen LogP contribution in [0.4, 0.5) is 0 Å². The van der Waals surface area contributed by atoms with Crippen molar-refractivity contribution >= 4 is 52.5 Å². The molecule has 1 aliphatic heterocycles. The fraction of sp³-hybridized carbons (Fsp3) is 0.0833. The van der Waals surface area contributed by atoms with Crippen molar-refractivity contribution in [3.63, 3.8) is 0 Å². The highest BCUT2D eigenvalue weighted by Crippen LogP contribution is 2.41. The van der Waals surface area contributed by atoms with E-state index in [2.05, 4.69) is 15.8 Å². The lowest BCUT2D eigenvalue weighted by atomic mass is 10.1. The molecule has 1 atom stereocenters. The Balaban J connectivity index is 2.10. The number of hydrogen-bond donors (Lipinski definition) is 3. The highest BCUT2D eigenvalue weighted by Gasteiger charge is 2.30. The van der Waals surface area contributed by atoms with E-state index in [1.807, 2.05) is 6.07 Å². The number of halogens is 3. The van der Waals surface area contributed by atoms with E-state index in [1.54, 1.807) is 18.2 Å². The largest absolute Gasteiger partial charge is 0.309 e. The normalized spacial score (nSPS) is 21.2. The first-order chi connectivity index (χ1) is 9.49. The molecule has 1 aromatic carbocycles. The van der Waals surface area contributed by atoms with Crippen molar-refractivity contribution in [3.05, 3.63) is 44.2 Å². The molecule has 2 aromatic rings. The van der Waals surface area contributed by atoms with Gasteiger partial charge in [-0.1, -0.05) is 34.8 Å². The minimum absolute atomic E-state index is 0.500. The summed E-state index contributed by atoms with van der Waals surface area (Å²) in [5.41, 5.74) is 13.1. The average Bonchev–Trinajstić information content (AvgIpc) is 2.99. The molecule has 104 valence electrons. The van der Waals surface area contributed by atoms with E-state index in [0.717, 1.165) is 10.4 Å². The predicted molar refractivity (Wildman–Crippen MR) is 85.4 cm³/mol. The van der Waals surface area contributed by atoms with Crippen LogP contribution in [0.1, 0.15) is 5.56 Å². The molecule has 0 aliphatic carbocycles. The monoisotopic (exact) mass is 346 g/mol. The average molecular weight is 348 g/mol. The van der Waals surface area contributed by atoms with Crippen molar-refractivity contribution in [3.8, 4) is 10.4 Å². The number of thiophene rings is 1. The second-order valence-electron chi connectivity index (χ2n) is 4.21. The van der Waals surface area contributed by atoms with Crippen molar-refractivity contribution in [2.75, 3.05) is 0 Å². The lowest BCUT2D eigenvalue weighted by Gasteiger charge is -2.22. The number of nitrogens with two attached hydrogens (primary N) is 1. The number of nitrogens with zero attached hydrogens (tertiary/aromatic N) is 1. The predicted octanol–water partition coefficient (Wildman–Crippen LogP) is 3.58. The van der Waals surface area contributed by atoms with Gasteiger partial charge in [0.2, 0.25) is 5.79 Å². The van der Waals surface area contributed by atoms with E-state index in [4.69, 9.17) is 40.5 Å². The molecular formula is C12H9Cl3N4S. The van der Waals surface area contributed by atoms with E-state index in [-0.39, 0.29) is 0 Å². The maximum Gasteiger partial charge on any atom is 0.206 e. The van der Waals surface area contributed by atoms with E-state index in [9.17, 15) is 0 Å². The molecule has 20 heavy (non-hydrogen) atoms. The molecule has 2 heterocycles. The maximum atomic E-state index is 6.34. The third kappa shape index (κ3) is 2.41. The fourth-order valence-electron chi connectivity index (χ4n) is 1.93.